The second-order valence-corrected chi connectivity index (χ2v) is 16.4. The third-order valence-corrected chi connectivity index (χ3v) is 11.0. The van der Waals surface area contributed by atoms with Gasteiger partial charge in [0.05, 0.1) is 31.3 Å². The summed E-state index contributed by atoms with van der Waals surface area (Å²) in [7, 11) is 0. The molecule has 4 N–H and O–H groups in total. The second kappa shape index (κ2) is 43.6. The first kappa shape index (κ1) is 51.8. The molecule has 0 saturated carbocycles. The van der Waals surface area contributed by atoms with Crippen molar-refractivity contribution in [3.8, 4) is 0 Å². The van der Waals surface area contributed by atoms with E-state index in [1.165, 1.54) is 173 Å². The molecule has 5 heteroatoms. The molecule has 0 aliphatic heterocycles. The number of carbonyl (C=O) groups excluding carboxylic acids is 1. The van der Waals surface area contributed by atoms with Gasteiger partial charge in [0.15, 0.2) is 0 Å². The van der Waals surface area contributed by atoms with Gasteiger partial charge in [-0.1, -0.05) is 224 Å². The predicted octanol–water partition coefficient (Wildman–Crippen LogP) is 13.8. The number of aliphatic hydroxyl groups excluding tert-OH is 3. The van der Waals surface area contributed by atoms with Gasteiger partial charge in [-0.15, -0.1) is 0 Å². The molecule has 0 radical (unpaired) electrons. The number of hydrogen-bond acceptors (Lipinski definition) is 4. The molecular formula is C48H93NO4. The van der Waals surface area contributed by atoms with Gasteiger partial charge in [0.25, 0.3) is 0 Å². The van der Waals surface area contributed by atoms with Gasteiger partial charge in [-0.25, -0.2) is 0 Å². The smallest absolute Gasteiger partial charge is 0.222 e. The van der Waals surface area contributed by atoms with E-state index >= 15 is 0 Å². The van der Waals surface area contributed by atoms with Gasteiger partial charge < -0.3 is 20.6 Å². The third kappa shape index (κ3) is 40.3. The van der Waals surface area contributed by atoms with E-state index in [1.54, 1.807) is 0 Å². The highest BCUT2D eigenvalue weighted by molar-refractivity contribution is 5.76. The van der Waals surface area contributed by atoms with E-state index in [1.807, 2.05) is 0 Å². The van der Waals surface area contributed by atoms with Crippen molar-refractivity contribution in [1.29, 1.82) is 0 Å². The molecule has 0 aromatic rings. The Bertz CT molecular complexity index is 784. The van der Waals surface area contributed by atoms with Crippen molar-refractivity contribution in [2.75, 3.05) is 6.61 Å². The first-order valence-electron chi connectivity index (χ1n) is 23.6. The Hall–Kier alpha value is -1.17. The van der Waals surface area contributed by atoms with Crippen LogP contribution in [0, 0.1) is 0 Å². The number of amides is 1. The fourth-order valence-electron chi connectivity index (χ4n) is 7.38. The number of hydrogen-bond donors (Lipinski definition) is 4. The van der Waals surface area contributed by atoms with Crippen LogP contribution in [-0.2, 0) is 4.79 Å². The largest absolute Gasteiger partial charge is 0.394 e. The van der Waals surface area contributed by atoms with Crippen LogP contribution in [0.2, 0.25) is 0 Å². The number of nitrogens with one attached hydrogen (secondary N) is 1. The minimum Gasteiger partial charge on any atom is -0.394 e. The Labute approximate surface area is 331 Å². The number of rotatable bonds is 43. The Morgan fingerprint density at radius 1 is 0.472 bits per heavy atom. The molecule has 0 aromatic heterocycles. The Kier molecular flexibility index (Phi) is 42.6. The van der Waals surface area contributed by atoms with E-state index < -0.39 is 18.2 Å². The van der Waals surface area contributed by atoms with Crippen LogP contribution >= 0.6 is 0 Å². The first-order valence-corrected chi connectivity index (χ1v) is 23.6. The van der Waals surface area contributed by atoms with Crippen LogP contribution < -0.4 is 5.32 Å². The zero-order valence-corrected chi connectivity index (χ0v) is 35.7. The highest BCUT2D eigenvalue weighted by Gasteiger charge is 2.21. The predicted molar refractivity (Wildman–Crippen MR) is 231 cm³/mol. The van der Waals surface area contributed by atoms with Crippen molar-refractivity contribution < 1.29 is 20.1 Å². The van der Waals surface area contributed by atoms with Gasteiger partial charge in [0, 0.05) is 0 Å². The number of allylic oxidation sites excluding steroid dienone is 4. The van der Waals surface area contributed by atoms with Crippen molar-refractivity contribution in [2.45, 2.75) is 270 Å². The topological polar surface area (TPSA) is 89.8 Å². The minimum atomic E-state index is -0.752. The number of aliphatic hydroxyl groups is 3. The Morgan fingerprint density at radius 3 is 1.23 bits per heavy atom. The molecule has 0 aromatic carbocycles. The molecule has 3 atom stereocenters. The van der Waals surface area contributed by atoms with Crippen molar-refractivity contribution in [3.63, 3.8) is 0 Å². The van der Waals surface area contributed by atoms with Crippen molar-refractivity contribution in [2.24, 2.45) is 0 Å². The molecule has 314 valence electrons. The van der Waals surface area contributed by atoms with Crippen LogP contribution in [0.25, 0.3) is 0 Å². The summed E-state index contributed by atoms with van der Waals surface area (Å²) in [5, 5.41) is 33.4. The standard InChI is InChI=1S/C48H93NO4/c1-3-5-7-9-11-13-15-17-19-20-21-22-23-24-25-26-28-30-32-34-36-38-40-42-47(52)46(44-50)49-48(53)43-45(51)41-39-37-35-33-31-29-27-18-16-14-12-10-8-6-4-2/h12,14,18,27,45-47,50-52H,3-11,13,15-17,19-26,28-44H2,1-2H3,(H,49,53)/b14-12-,27-18-. The van der Waals surface area contributed by atoms with Crippen LogP contribution in [0.3, 0.4) is 0 Å². The molecule has 5 nitrogen and oxygen atoms in total. The summed E-state index contributed by atoms with van der Waals surface area (Å²) in [6.07, 6.45) is 53.0. The number of carbonyl (C=O) groups is 1. The molecule has 3 unspecified atom stereocenters. The lowest BCUT2D eigenvalue weighted by atomic mass is 10.0. The number of unbranched alkanes of at least 4 members (excludes halogenated alkanes) is 30. The van der Waals surface area contributed by atoms with E-state index in [0.29, 0.717) is 12.8 Å². The molecule has 0 aliphatic carbocycles. The molecule has 0 rings (SSSR count). The first-order chi connectivity index (χ1) is 26.0. The van der Waals surface area contributed by atoms with E-state index in [0.717, 1.165) is 44.9 Å². The van der Waals surface area contributed by atoms with Gasteiger partial charge in [-0.05, 0) is 44.9 Å². The molecule has 0 spiro atoms. The van der Waals surface area contributed by atoms with E-state index in [4.69, 9.17) is 0 Å². The zero-order valence-electron chi connectivity index (χ0n) is 35.7. The van der Waals surface area contributed by atoms with Crippen LogP contribution in [0.4, 0.5) is 0 Å². The maximum Gasteiger partial charge on any atom is 0.222 e. The summed E-state index contributed by atoms with van der Waals surface area (Å²) in [6, 6.07) is -0.662. The molecule has 1 amide bonds. The fourth-order valence-corrected chi connectivity index (χ4v) is 7.38. The summed E-state index contributed by atoms with van der Waals surface area (Å²) in [4.78, 5) is 12.5. The summed E-state index contributed by atoms with van der Waals surface area (Å²) in [5.74, 6) is -0.289. The van der Waals surface area contributed by atoms with E-state index in [9.17, 15) is 20.1 Å². The molecule has 0 fully saturated rings. The van der Waals surface area contributed by atoms with Gasteiger partial charge in [0.1, 0.15) is 0 Å². The van der Waals surface area contributed by atoms with Gasteiger partial charge in [-0.3, -0.25) is 4.79 Å². The summed E-state index contributed by atoms with van der Waals surface area (Å²) < 4.78 is 0. The quantitative estimate of drug-likeness (QED) is 0.0369. The summed E-state index contributed by atoms with van der Waals surface area (Å²) >= 11 is 0. The lowest BCUT2D eigenvalue weighted by Crippen LogP contribution is -2.46. The molecule has 53 heavy (non-hydrogen) atoms. The lowest BCUT2D eigenvalue weighted by molar-refractivity contribution is -0.125. The maximum atomic E-state index is 12.5. The molecule has 0 heterocycles. The van der Waals surface area contributed by atoms with Crippen molar-refractivity contribution in [1.82, 2.24) is 5.32 Å². The van der Waals surface area contributed by atoms with Crippen LogP contribution in [0.5, 0.6) is 0 Å². The summed E-state index contributed by atoms with van der Waals surface area (Å²) in [5.41, 5.74) is 0. The summed E-state index contributed by atoms with van der Waals surface area (Å²) in [6.45, 7) is 4.25. The van der Waals surface area contributed by atoms with Crippen LogP contribution in [0.15, 0.2) is 24.3 Å². The van der Waals surface area contributed by atoms with Gasteiger partial charge >= 0.3 is 0 Å². The molecule has 0 bridgehead atoms. The average molecular weight is 748 g/mol. The lowest BCUT2D eigenvalue weighted by Gasteiger charge is -2.23. The van der Waals surface area contributed by atoms with E-state index in [2.05, 4.69) is 43.5 Å². The minimum absolute atomic E-state index is 0.0283. The van der Waals surface area contributed by atoms with Crippen molar-refractivity contribution >= 4 is 5.91 Å². The van der Waals surface area contributed by atoms with E-state index in [-0.39, 0.29) is 18.9 Å². The highest BCUT2D eigenvalue weighted by atomic mass is 16.3. The highest BCUT2D eigenvalue weighted by Crippen LogP contribution is 2.17. The fraction of sp³-hybridized carbons (Fsp3) is 0.896. The molecule has 0 saturated heterocycles. The van der Waals surface area contributed by atoms with Crippen LogP contribution in [-0.4, -0.2) is 46.1 Å². The van der Waals surface area contributed by atoms with Gasteiger partial charge in [0.2, 0.25) is 5.91 Å². The SMILES string of the molecule is CCCCC/C=C\C/C=C\CCCCCCCC(O)CC(=O)NC(CO)C(O)CCCCCCCCCCCCCCCCCCCCCCCCC. The van der Waals surface area contributed by atoms with Gasteiger partial charge in [-0.2, -0.15) is 0 Å². The monoisotopic (exact) mass is 748 g/mol. The second-order valence-electron chi connectivity index (χ2n) is 16.4. The molecular weight excluding hydrogens is 655 g/mol. The average Bonchev–Trinajstić information content (AvgIpc) is 3.15. The maximum absolute atomic E-state index is 12.5. The third-order valence-electron chi connectivity index (χ3n) is 11.0. The zero-order chi connectivity index (χ0) is 38.7. The van der Waals surface area contributed by atoms with Crippen LogP contribution in [0.1, 0.15) is 251 Å². The Balaban J connectivity index is 3.58. The van der Waals surface area contributed by atoms with Crippen molar-refractivity contribution in [3.05, 3.63) is 24.3 Å². The normalized spacial score (nSPS) is 13.7. The molecule has 0 aliphatic rings. The Morgan fingerprint density at radius 2 is 0.811 bits per heavy atom.